The van der Waals surface area contributed by atoms with Crippen molar-refractivity contribution in [3.05, 3.63) is 35.4 Å². The molecular formula is C16H21NO4. The first kappa shape index (κ1) is 15.5. The van der Waals surface area contributed by atoms with Crippen LogP contribution in [0.5, 0.6) is 0 Å². The van der Waals surface area contributed by atoms with Crippen LogP contribution < -0.4 is 0 Å². The number of benzene rings is 1. The number of aliphatic carboxylic acids is 1. The number of ether oxygens (including phenoxy) is 1. The molecule has 2 unspecified atom stereocenters. The van der Waals surface area contributed by atoms with Gasteiger partial charge in [-0.15, -0.1) is 0 Å². The summed E-state index contributed by atoms with van der Waals surface area (Å²) in [7, 11) is 1.63. The Kier molecular flexibility index (Phi) is 4.96. The average molecular weight is 291 g/mol. The lowest BCUT2D eigenvalue weighted by atomic mass is 9.87. The molecule has 0 saturated carbocycles. The van der Waals surface area contributed by atoms with Gasteiger partial charge in [-0.1, -0.05) is 19.1 Å². The van der Waals surface area contributed by atoms with Crippen molar-refractivity contribution in [1.29, 1.82) is 0 Å². The van der Waals surface area contributed by atoms with Crippen molar-refractivity contribution in [2.45, 2.75) is 20.0 Å². The molecule has 5 nitrogen and oxygen atoms in total. The van der Waals surface area contributed by atoms with Crippen molar-refractivity contribution >= 4 is 11.9 Å². The van der Waals surface area contributed by atoms with Crippen LogP contribution in [0.25, 0.3) is 0 Å². The molecule has 0 aliphatic carbocycles. The zero-order chi connectivity index (χ0) is 15.4. The first-order chi connectivity index (χ1) is 10.0. The lowest BCUT2D eigenvalue weighted by Crippen LogP contribution is -2.45. The Morgan fingerprint density at radius 2 is 2.00 bits per heavy atom. The Balaban J connectivity index is 2.02. The van der Waals surface area contributed by atoms with Gasteiger partial charge in [-0.3, -0.25) is 9.59 Å². The minimum Gasteiger partial charge on any atom is -0.481 e. The van der Waals surface area contributed by atoms with Gasteiger partial charge in [0, 0.05) is 25.8 Å². The number of rotatable bonds is 4. The molecule has 1 aromatic carbocycles. The number of carbonyl (C=O) groups is 2. The number of nitrogens with zero attached hydrogens (tertiary/aromatic N) is 1. The summed E-state index contributed by atoms with van der Waals surface area (Å²) >= 11 is 0. The summed E-state index contributed by atoms with van der Waals surface area (Å²) in [5.74, 6) is -1.17. The molecule has 1 aliphatic heterocycles. The molecule has 21 heavy (non-hydrogen) atoms. The Morgan fingerprint density at radius 1 is 1.33 bits per heavy atom. The van der Waals surface area contributed by atoms with E-state index in [9.17, 15) is 9.59 Å². The highest BCUT2D eigenvalue weighted by Crippen LogP contribution is 2.24. The van der Waals surface area contributed by atoms with Crippen molar-refractivity contribution in [3.63, 3.8) is 0 Å². The van der Waals surface area contributed by atoms with Gasteiger partial charge < -0.3 is 14.7 Å². The Labute approximate surface area is 124 Å². The topological polar surface area (TPSA) is 66.8 Å². The standard InChI is InChI=1S/C16H21NO4/c1-11-9-17(8-7-14(11)16(19)20)15(18)13-5-3-12(4-6-13)10-21-2/h3-6,11,14H,7-10H2,1-2H3,(H,19,20). The highest BCUT2D eigenvalue weighted by Gasteiger charge is 2.33. The predicted octanol–water partition coefficient (Wildman–Crippen LogP) is 2.02. The molecule has 114 valence electrons. The van der Waals surface area contributed by atoms with Crippen LogP contribution in [0.3, 0.4) is 0 Å². The second kappa shape index (κ2) is 6.72. The molecule has 0 bridgehead atoms. The van der Waals surface area contributed by atoms with E-state index in [0.717, 1.165) is 5.56 Å². The van der Waals surface area contributed by atoms with Gasteiger partial charge >= 0.3 is 5.97 Å². The number of piperidine rings is 1. The van der Waals surface area contributed by atoms with Gasteiger partial charge in [-0.2, -0.15) is 0 Å². The van der Waals surface area contributed by atoms with Crippen molar-refractivity contribution in [2.24, 2.45) is 11.8 Å². The zero-order valence-electron chi connectivity index (χ0n) is 12.4. The number of carbonyl (C=O) groups excluding carboxylic acids is 1. The fraction of sp³-hybridized carbons (Fsp3) is 0.500. The van der Waals surface area contributed by atoms with E-state index in [1.54, 1.807) is 24.1 Å². The van der Waals surface area contributed by atoms with Crippen LogP contribution in [0.2, 0.25) is 0 Å². The Hall–Kier alpha value is -1.88. The minimum atomic E-state index is -0.765. The predicted molar refractivity (Wildman–Crippen MR) is 78.0 cm³/mol. The van der Waals surface area contributed by atoms with E-state index >= 15 is 0 Å². The van der Waals surface area contributed by atoms with Gasteiger partial charge in [0.2, 0.25) is 0 Å². The average Bonchev–Trinajstić information content (AvgIpc) is 2.47. The molecule has 0 radical (unpaired) electrons. The van der Waals surface area contributed by atoms with E-state index in [-0.39, 0.29) is 17.7 Å². The molecule has 0 spiro atoms. The summed E-state index contributed by atoms with van der Waals surface area (Å²) in [6, 6.07) is 7.35. The fourth-order valence-electron chi connectivity index (χ4n) is 2.79. The third-order valence-electron chi connectivity index (χ3n) is 4.02. The van der Waals surface area contributed by atoms with Crippen LogP contribution >= 0.6 is 0 Å². The number of methoxy groups -OCH3 is 1. The summed E-state index contributed by atoms with van der Waals surface area (Å²) in [5, 5.41) is 9.12. The number of carboxylic acids is 1. The number of hydrogen-bond donors (Lipinski definition) is 1. The van der Waals surface area contributed by atoms with Gasteiger partial charge in [0.1, 0.15) is 0 Å². The second-order valence-electron chi connectivity index (χ2n) is 5.59. The molecule has 1 saturated heterocycles. The molecule has 1 amide bonds. The van der Waals surface area contributed by atoms with Gasteiger partial charge in [-0.25, -0.2) is 0 Å². The van der Waals surface area contributed by atoms with Gasteiger partial charge in [0.25, 0.3) is 5.91 Å². The molecule has 1 N–H and O–H groups in total. The van der Waals surface area contributed by atoms with Crippen LogP contribution in [0.4, 0.5) is 0 Å². The molecule has 1 fully saturated rings. The van der Waals surface area contributed by atoms with E-state index in [2.05, 4.69) is 0 Å². The molecule has 2 rings (SSSR count). The van der Waals surface area contributed by atoms with Crippen LogP contribution in [0, 0.1) is 11.8 Å². The molecule has 1 heterocycles. The molecule has 1 aromatic rings. The first-order valence-corrected chi connectivity index (χ1v) is 7.13. The number of carboxylic acid groups (broad SMARTS) is 1. The molecule has 2 atom stereocenters. The van der Waals surface area contributed by atoms with Crippen molar-refractivity contribution in [3.8, 4) is 0 Å². The minimum absolute atomic E-state index is 0.0204. The van der Waals surface area contributed by atoms with Crippen molar-refractivity contribution < 1.29 is 19.4 Å². The van der Waals surface area contributed by atoms with E-state index in [4.69, 9.17) is 9.84 Å². The second-order valence-corrected chi connectivity index (χ2v) is 5.59. The summed E-state index contributed by atoms with van der Waals surface area (Å²) in [4.78, 5) is 25.3. The third-order valence-corrected chi connectivity index (χ3v) is 4.02. The monoisotopic (exact) mass is 291 g/mol. The fourth-order valence-corrected chi connectivity index (χ4v) is 2.79. The smallest absolute Gasteiger partial charge is 0.306 e. The normalized spacial score (nSPS) is 22.1. The zero-order valence-corrected chi connectivity index (χ0v) is 12.4. The molecule has 1 aliphatic rings. The van der Waals surface area contributed by atoms with Gasteiger partial charge in [-0.05, 0) is 30.0 Å². The Bertz CT molecular complexity index is 512. The van der Waals surface area contributed by atoms with Crippen molar-refractivity contribution in [2.75, 3.05) is 20.2 Å². The first-order valence-electron chi connectivity index (χ1n) is 7.13. The highest BCUT2D eigenvalue weighted by molar-refractivity contribution is 5.94. The molecular weight excluding hydrogens is 270 g/mol. The lowest BCUT2D eigenvalue weighted by Gasteiger charge is -2.35. The van der Waals surface area contributed by atoms with Crippen LogP contribution in [0.1, 0.15) is 29.3 Å². The number of amides is 1. The lowest BCUT2D eigenvalue weighted by molar-refractivity contribution is -0.145. The van der Waals surface area contributed by atoms with Gasteiger partial charge in [0.05, 0.1) is 12.5 Å². The number of hydrogen-bond acceptors (Lipinski definition) is 3. The van der Waals surface area contributed by atoms with Crippen molar-refractivity contribution in [1.82, 2.24) is 4.90 Å². The maximum atomic E-state index is 12.4. The highest BCUT2D eigenvalue weighted by atomic mass is 16.5. The van der Waals surface area contributed by atoms with E-state index in [1.165, 1.54) is 0 Å². The summed E-state index contributed by atoms with van der Waals surface area (Å²) in [6.45, 7) is 3.41. The SMILES string of the molecule is COCc1ccc(C(=O)N2CCC(C(=O)O)C(C)C2)cc1. The van der Waals surface area contributed by atoms with Crippen LogP contribution in [0.15, 0.2) is 24.3 Å². The Morgan fingerprint density at radius 3 is 2.52 bits per heavy atom. The van der Waals surface area contributed by atoms with Crippen LogP contribution in [-0.2, 0) is 16.1 Å². The maximum Gasteiger partial charge on any atom is 0.306 e. The number of likely N-dealkylation sites (tertiary alicyclic amines) is 1. The maximum absolute atomic E-state index is 12.4. The molecule has 0 aromatic heterocycles. The van der Waals surface area contributed by atoms with Gasteiger partial charge in [0.15, 0.2) is 0 Å². The molecule has 5 heteroatoms. The van der Waals surface area contributed by atoms with Crippen LogP contribution in [-0.4, -0.2) is 42.1 Å². The quantitative estimate of drug-likeness (QED) is 0.921. The summed E-state index contributed by atoms with van der Waals surface area (Å²) in [6.07, 6.45) is 0.518. The summed E-state index contributed by atoms with van der Waals surface area (Å²) in [5.41, 5.74) is 1.66. The van der Waals surface area contributed by atoms with E-state index < -0.39 is 5.97 Å². The van der Waals surface area contributed by atoms with E-state index in [1.807, 2.05) is 19.1 Å². The largest absolute Gasteiger partial charge is 0.481 e. The third kappa shape index (κ3) is 3.61. The summed E-state index contributed by atoms with van der Waals surface area (Å²) < 4.78 is 5.04. The van der Waals surface area contributed by atoms with E-state index in [0.29, 0.717) is 31.7 Å².